The second kappa shape index (κ2) is 9.07. The van der Waals surface area contributed by atoms with Crippen LogP contribution in [0.25, 0.3) is 0 Å². The highest BCUT2D eigenvalue weighted by molar-refractivity contribution is 5.89. The molecule has 0 fully saturated rings. The lowest BCUT2D eigenvalue weighted by molar-refractivity contribution is -0.173. The van der Waals surface area contributed by atoms with Crippen molar-refractivity contribution < 1.29 is 32.2 Å². The number of carbonyl (C=O) groups is 2. The van der Waals surface area contributed by atoms with E-state index in [4.69, 9.17) is 4.74 Å². The van der Waals surface area contributed by atoms with E-state index in [-0.39, 0.29) is 19.6 Å². The third-order valence-electron chi connectivity index (χ3n) is 3.61. The maximum absolute atomic E-state index is 12.1. The zero-order valence-electron chi connectivity index (χ0n) is 14.5. The number of nitrogens with one attached hydrogen (secondary N) is 1. The minimum atomic E-state index is -4.89. The molecule has 0 saturated carbocycles. The molecule has 27 heavy (non-hydrogen) atoms. The Morgan fingerprint density at radius 2 is 1.74 bits per heavy atom. The molecular weight excluding hydrogens is 363 g/mol. The number of alkyl halides is 3. The quantitative estimate of drug-likeness (QED) is 0.748. The average molecular weight is 381 g/mol. The Morgan fingerprint density at radius 1 is 1.04 bits per heavy atom. The summed E-state index contributed by atoms with van der Waals surface area (Å²) in [5.41, 5.74) is 1.90. The van der Waals surface area contributed by atoms with Gasteiger partial charge < -0.3 is 14.8 Å². The molecule has 0 aliphatic rings. The maximum atomic E-state index is 12.1. The van der Waals surface area contributed by atoms with E-state index in [1.54, 1.807) is 48.5 Å². The van der Waals surface area contributed by atoms with Crippen molar-refractivity contribution >= 4 is 11.9 Å². The van der Waals surface area contributed by atoms with Crippen molar-refractivity contribution in [2.75, 3.05) is 13.7 Å². The molecule has 8 heteroatoms. The summed E-state index contributed by atoms with van der Waals surface area (Å²) in [6.45, 7) is 0.0715. The zero-order valence-corrected chi connectivity index (χ0v) is 14.5. The zero-order chi connectivity index (χ0) is 19.9. The van der Waals surface area contributed by atoms with Crippen LogP contribution in [-0.4, -0.2) is 31.7 Å². The molecule has 5 nitrogen and oxygen atoms in total. The van der Waals surface area contributed by atoms with Gasteiger partial charge in [0, 0.05) is 6.54 Å². The number of methoxy groups -OCH3 is 1. The molecule has 0 spiro atoms. The molecule has 0 atom stereocenters. The topological polar surface area (TPSA) is 64.6 Å². The number of esters is 1. The third-order valence-corrected chi connectivity index (χ3v) is 3.61. The van der Waals surface area contributed by atoms with Gasteiger partial charge in [-0.1, -0.05) is 24.3 Å². The Bertz CT molecular complexity index is 806. The molecule has 0 saturated heterocycles. The predicted octanol–water partition coefficient (Wildman–Crippen LogP) is 3.27. The SMILES string of the molecule is COC(=O)c1cccc(COc2cccc(CCNC(=O)C(F)(F)F)c2)c1. The first-order chi connectivity index (χ1) is 12.8. The number of halogens is 3. The van der Waals surface area contributed by atoms with Crippen LogP contribution in [0.4, 0.5) is 13.2 Å². The molecule has 0 aliphatic heterocycles. The molecule has 2 rings (SSSR count). The molecule has 1 amide bonds. The highest BCUT2D eigenvalue weighted by Gasteiger charge is 2.38. The van der Waals surface area contributed by atoms with Gasteiger partial charge in [-0.2, -0.15) is 13.2 Å². The highest BCUT2D eigenvalue weighted by atomic mass is 19.4. The van der Waals surface area contributed by atoms with Crippen molar-refractivity contribution in [2.45, 2.75) is 19.2 Å². The van der Waals surface area contributed by atoms with Crippen molar-refractivity contribution in [3.8, 4) is 5.75 Å². The van der Waals surface area contributed by atoms with Crippen LogP contribution in [0.1, 0.15) is 21.5 Å². The number of hydrogen-bond donors (Lipinski definition) is 1. The highest BCUT2D eigenvalue weighted by Crippen LogP contribution is 2.17. The summed E-state index contributed by atoms with van der Waals surface area (Å²) < 4.78 is 46.8. The summed E-state index contributed by atoms with van der Waals surface area (Å²) in [4.78, 5) is 22.3. The van der Waals surface area contributed by atoms with Gasteiger partial charge in [0.05, 0.1) is 12.7 Å². The van der Waals surface area contributed by atoms with Crippen LogP contribution in [0.2, 0.25) is 0 Å². The third kappa shape index (κ3) is 6.32. The van der Waals surface area contributed by atoms with Crippen LogP contribution in [0.3, 0.4) is 0 Å². The van der Waals surface area contributed by atoms with E-state index < -0.39 is 18.1 Å². The largest absolute Gasteiger partial charge is 0.489 e. The molecular formula is C19H18F3NO4. The molecule has 2 aromatic rings. The van der Waals surface area contributed by atoms with Gasteiger partial charge in [0.1, 0.15) is 12.4 Å². The fourth-order valence-corrected chi connectivity index (χ4v) is 2.28. The fraction of sp³-hybridized carbons (Fsp3) is 0.263. The van der Waals surface area contributed by atoms with Crippen LogP contribution in [0.5, 0.6) is 5.75 Å². The van der Waals surface area contributed by atoms with Gasteiger partial charge in [-0.05, 0) is 41.8 Å². The number of carbonyl (C=O) groups excluding carboxylic acids is 2. The lowest BCUT2D eigenvalue weighted by atomic mass is 10.1. The van der Waals surface area contributed by atoms with Gasteiger partial charge in [0.2, 0.25) is 0 Å². The van der Waals surface area contributed by atoms with Crippen molar-refractivity contribution in [1.82, 2.24) is 5.32 Å². The minimum Gasteiger partial charge on any atom is -0.489 e. The smallest absolute Gasteiger partial charge is 0.471 e. The summed E-state index contributed by atoms with van der Waals surface area (Å²) in [5, 5.41) is 1.82. The van der Waals surface area contributed by atoms with Crippen LogP contribution < -0.4 is 10.1 Å². The normalized spacial score (nSPS) is 11.0. The molecule has 0 bridgehead atoms. The van der Waals surface area contributed by atoms with E-state index in [1.807, 2.05) is 5.32 Å². The second-order valence-corrected chi connectivity index (χ2v) is 5.63. The molecule has 1 N–H and O–H groups in total. The van der Waals surface area contributed by atoms with E-state index >= 15 is 0 Å². The second-order valence-electron chi connectivity index (χ2n) is 5.63. The molecule has 144 valence electrons. The summed E-state index contributed by atoms with van der Waals surface area (Å²) in [6.07, 6.45) is -4.65. The lowest BCUT2D eigenvalue weighted by Gasteiger charge is -2.10. The predicted molar refractivity (Wildman–Crippen MR) is 91.3 cm³/mol. The van der Waals surface area contributed by atoms with E-state index in [0.29, 0.717) is 11.3 Å². The van der Waals surface area contributed by atoms with Gasteiger partial charge in [0.15, 0.2) is 0 Å². The summed E-state index contributed by atoms with van der Waals surface area (Å²) in [5.74, 6) is -1.88. The van der Waals surface area contributed by atoms with Gasteiger partial charge in [-0.25, -0.2) is 4.79 Å². The number of benzene rings is 2. The first-order valence-electron chi connectivity index (χ1n) is 8.03. The van der Waals surface area contributed by atoms with Crippen molar-refractivity contribution in [1.29, 1.82) is 0 Å². The Balaban J connectivity index is 1.90. The number of ether oxygens (including phenoxy) is 2. The molecule has 0 heterocycles. The Morgan fingerprint density at radius 3 is 2.44 bits per heavy atom. The first-order valence-corrected chi connectivity index (χ1v) is 8.03. The standard InChI is InChI=1S/C19H18F3NO4/c1-26-17(24)15-6-2-5-14(10-15)12-27-16-7-3-4-13(11-16)8-9-23-18(25)19(20,21)22/h2-7,10-11H,8-9,12H2,1H3,(H,23,25). The first kappa shape index (κ1) is 20.3. The molecule has 0 unspecified atom stereocenters. The number of rotatable bonds is 7. The van der Waals surface area contributed by atoms with Gasteiger partial charge in [0.25, 0.3) is 0 Å². The van der Waals surface area contributed by atoms with Crippen LogP contribution in [-0.2, 0) is 22.6 Å². The molecule has 0 aliphatic carbocycles. The molecule has 0 aromatic heterocycles. The monoisotopic (exact) mass is 381 g/mol. The maximum Gasteiger partial charge on any atom is 0.471 e. The van der Waals surface area contributed by atoms with E-state index in [2.05, 4.69) is 4.74 Å². The number of amides is 1. The number of hydrogen-bond acceptors (Lipinski definition) is 4. The van der Waals surface area contributed by atoms with E-state index in [1.165, 1.54) is 7.11 Å². The summed E-state index contributed by atoms with van der Waals surface area (Å²) in [6, 6.07) is 13.6. The van der Waals surface area contributed by atoms with Crippen LogP contribution in [0, 0.1) is 0 Å². The van der Waals surface area contributed by atoms with E-state index in [9.17, 15) is 22.8 Å². The molecule has 0 radical (unpaired) electrons. The Kier molecular flexibility index (Phi) is 6.81. The van der Waals surface area contributed by atoms with Crippen molar-refractivity contribution in [2.24, 2.45) is 0 Å². The Hall–Kier alpha value is -3.03. The van der Waals surface area contributed by atoms with Gasteiger partial charge >= 0.3 is 18.1 Å². The minimum absolute atomic E-state index is 0.136. The van der Waals surface area contributed by atoms with Crippen LogP contribution >= 0.6 is 0 Å². The Labute approximate surface area is 154 Å². The van der Waals surface area contributed by atoms with Crippen molar-refractivity contribution in [3.05, 3.63) is 65.2 Å². The fourth-order valence-electron chi connectivity index (χ4n) is 2.28. The van der Waals surface area contributed by atoms with E-state index in [0.717, 1.165) is 11.1 Å². The average Bonchev–Trinajstić information content (AvgIpc) is 2.65. The lowest BCUT2D eigenvalue weighted by Crippen LogP contribution is -2.37. The van der Waals surface area contributed by atoms with Gasteiger partial charge in [-0.3, -0.25) is 4.79 Å². The molecule has 2 aromatic carbocycles. The van der Waals surface area contributed by atoms with Gasteiger partial charge in [-0.15, -0.1) is 0 Å². The summed E-state index contributed by atoms with van der Waals surface area (Å²) >= 11 is 0. The summed E-state index contributed by atoms with van der Waals surface area (Å²) in [7, 11) is 1.30. The van der Waals surface area contributed by atoms with Crippen molar-refractivity contribution in [3.63, 3.8) is 0 Å². The van der Waals surface area contributed by atoms with Crippen LogP contribution in [0.15, 0.2) is 48.5 Å².